The Morgan fingerprint density at radius 2 is 1.12 bits per heavy atom. The molecule has 0 aliphatic heterocycles. The molecule has 2 aromatic heterocycles. The standard InChI is InChI=1S/C18H23F3N6O.C13H10ClF3N4O/c1-12-11-15(22-9-4-10-27(2)3)25-16(23-12)26-17(28)24-14-7-5-13(6-8-14)18(19,20)21;1-7-6-10(14)20-11(18-7)21-12(22)19-9-4-2-8(3-5-9)13(15,16)17/h5-8,11H,4,9-10H2,1-3H3,(H3,22,23,24,25,26,28);2-6H,1H3,(H2,18,19,20,21,22). The molecule has 5 N–H and O–H groups in total. The third kappa shape index (κ3) is 13.7. The average molecular weight is 727 g/mol. The van der Waals surface area contributed by atoms with Crippen molar-refractivity contribution in [3.8, 4) is 0 Å². The molecule has 12 nitrogen and oxygen atoms in total. The Morgan fingerprint density at radius 1 is 0.680 bits per heavy atom. The topological polar surface area (TPSA) is 149 Å². The van der Waals surface area contributed by atoms with E-state index in [4.69, 9.17) is 11.6 Å². The van der Waals surface area contributed by atoms with Crippen molar-refractivity contribution >= 4 is 52.8 Å². The van der Waals surface area contributed by atoms with E-state index >= 15 is 0 Å². The van der Waals surface area contributed by atoms with Gasteiger partial charge in [-0.3, -0.25) is 10.6 Å². The average Bonchev–Trinajstić information content (AvgIpc) is 2.98. The zero-order chi connectivity index (χ0) is 37.1. The molecule has 0 saturated heterocycles. The summed E-state index contributed by atoms with van der Waals surface area (Å²) in [4.78, 5) is 42.0. The monoisotopic (exact) mass is 726 g/mol. The lowest BCUT2D eigenvalue weighted by Crippen LogP contribution is -2.22. The molecular formula is C31H33ClF6N10O2. The Balaban J connectivity index is 0.000000278. The van der Waals surface area contributed by atoms with Crippen molar-refractivity contribution in [2.45, 2.75) is 32.6 Å². The Hall–Kier alpha value is -5.23. The summed E-state index contributed by atoms with van der Waals surface area (Å²) in [5, 5.41) is 13.0. The third-order valence-electron chi connectivity index (χ3n) is 6.16. The zero-order valence-electron chi connectivity index (χ0n) is 27.1. The van der Waals surface area contributed by atoms with Gasteiger partial charge in [0, 0.05) is 35.4 Å². The molecular weight excluding hydrogens is 694 g/mol. The van der Waals surface area contributed by atoms with E-state index in [9.17, 15) is 35.9 Å². The quantitative estimate of drug-likeness (QED) is 0.0664. The smallest absolute Gasteiger partial charge is 0.370 e. The lowest BCUT2D eigenvalue weighted by Gasteiger charge is -2.12. The van der Waals surface area contributed by atoms with Gasteiger partial charge in [0.2, 0.25) is 11.9 Å². The number of hydrogen-bond acceptors (Lipinski definition) is 8. The number of benzene rings is 2. The molecule has 0 radical (unpaired) electrons. The maximum Gasteiger partial charge on any atom is 0.416 e. The number of nitrogens with one attached hydrogen (secondary N) is 5. The maximum absolute atomic E-state index is 12.6. The van der Waals surface area contributed by atoms with Crippen LogP contribution in [0.1, 0.15) is 28.9 Å². The van der Waals surface area contributed by atoms with E-state index in [1.165, 1.54) is 18.2 Å². The van der Waals surface area contributed by atoms with Crippen LogP contribution in [0.25, 0.3) is 0 Å². The fourth-order valence-corrected chi connectivity index (χ4v) is 4.16. The van der Waals surface area contributed by atoms with Gasteiger partial charge in [-0.1, -0.05) is 11.6 Å². The van der Waals surface area contributed by atoms with E-state index in [0.29, 0.717) is 23.8 Å². The molecule has 0 saturated carbocycles. The van der Waals surface area contributed by atoms with E-state index < -0.39 is 35.5 Å². The van der Waals surface area contributed by atoms with Crippen molar-refractivity contribution in [2.24, 2.45) is 0 Å². The van der Waals surface area contributed by atoms with Crippen molar-refractivity contribution in [1.29, 1.82) is 0 Å². The molecule has 0 aliphatic carbocycles. The molecule has 4 aromatic rings. The first-order valence-corrected chi connectivity index (χ1v) is 15.0. The van der Waals surface area contributed by atoms with Gasteiger partial charge in [0.1, 0.15) is 11.0 Å². The second kappa shape index (κ2) is 17.4. The molecule has 0 atom stereocenters. The minimum Gasteiger partial charge on any atom is -0.370 e. The third-order valence-corrected chi connectivity index (χ3v) is 6.35. The Labute approximate surface area is 288 Å². The lowest BCUT2D eigenvalue weighted by molar-refractivity contribution is -0.138. The zero-order valence-corrected chi connectivity index (χ0v) is 27.8. The number of nitrogens with zero attached hydrogens (tertiary/aromatic N) is 5. The fourth-order valence-electron chi connectivity index (χ4n) is 3.93. The van der Waals surface area contributed by atoms with E-state index in [1.54, 1.807) is 19.9 Å². The number of amides is 4. The molecule has 0 bridgehead atoms. The molecule has 2 aromatic carbocycles. The van der Waals surface area contributed by atoms with Gasteiger partial charge in [-0.15, -0.1) is 0 Å². The molecule has 19 heteroatoms. The Morgan fingerprint density at radius 3 is 1.54 bits per heavy atom. The van der Waals surface area contributed by atoms with Crippen molar-refractivity contribution in [2.75, 3.05) is 53.8 Å². The van der Waals surface area contributed by atoms with Crippen LogP contribution in [0.2, 0.25) is 5.15 Å². The normalized spacial score (nSPS) is 11.3. The molecule has 2 heterocycles. The fraction of sp³-hybridized carbons (Fsp3) is 0.290. The van der Waals surface area contributed by atoms with Crippen molar-refractivity contribution in [1.82, 2.24) is 24.8 Å². The van der Waals surface area contributed by atoms with Gasteiger partial charge in [-0.05, 0) is 95.5 Å². The Kier molecular flexibility index (Phi) is 13.7. The molecule has 0 aliphatic rings. The summed E-state index contributed by atoms with van der Waals surface area (Å²) in [5.74, 6) is 0.671. The summed E-state index contributed by atoms with van der Waals surface area (Å²) in [6.07, 6.45) is -7.92. The summed E-state index contributed by atoms with van der Waals surface area (Å²) in [6, 6.07) is 10.1. The van der Waals surface area contributed by atoms with Crippen LogP contribution in [0.4, 0.5) is 65.0 Å². The maximum atomic E-state index is 12.6. The molecule has 4 rings (SSSR count). The molecule has 268 valence electrons. The van der Waals surface area contributed by atoms with Crippen LogP contribution in [-0.4, -0.2) is 64.1 Å². The van der Waals surface area contributed by atoms with Crippen LogP contribution in [0.15, 0.2) is 60.7 Å². The van der Waals surface area contributed by atoms with E-state index in [0.717, 1.165) is 49.4 Å². The summed E-state index contributed by atoms with van der Waals surface area (Å²) in [7, 11) is 3.98. The highest BCUT2D eigenvalue weighted by molar-refractivity contribution is 6.29. The highest BCUT2D eigenvalue weighted by Crippen LogP contribution is 2.30. The molecule has 0 spiro atoms. The number of carbonyl (C=O) groups excluding carboxylic acids is 2. The molecule has 0 fully saturated rings. The number of carbonyl (C=O) groups is 2. The number of hydrogen-bond donors (Lipinski definition) is 5. The molecule has 50 heavy (non-hydrogen) atoms. The van der Waals surface area contributed by atoms with Crippen LogP contribution in [0, 0.1) is 13.8 Å². The highest BCUT2D eigenvalue weighted by atomic mass is 35.5. The second-order valence-corrected chi connectivity index (χ2v) is 11.2. The van der Waals surface area contributed by atoms with Crippen LogP contribution >= 0.6 is 11.6 Å². The Bertz CT molecular complexity index is 1720. The SMILES string of the molecule is Cc1cc(Cl)nc(NC(=O)Nc2ccc(C(F)(F)F)cc2)n1.Cc1cc(NCCCN(C)C)nc(NC(=O)Nc2ccc(C(F)(F)F)cc2)n1. The number of halogens is 7. The van der Waals surface area contributed by atoms with Gasteiger partial charge in [0.25, 0.3) is 0 Å². The van der Waals surface area contributed by atoms with Crippen molar-refractivity contribution in [3.63, 3.8) is 0 Å². The number of urea groups is 2. The summed E-state index contributed by atoms with van der Waals surface area (Å²) >= 11 is 5.72. The minimum absolute atomic E-state index is 0.00517. The predicted octanol–water partition coefficient (Wildman–Crippen LogP) is 7.91. The number of aryl methyl sites for hydroxylation is 2. The minimum atomic E-state index is -4.42. The van der Waals surface area contributed by atoms with Gasteiger partial charge in [-0.25, -0.2) is 24.5 Å². The van der Waals surface area contributed by atoms with Gasteiger partial charge in [0.05, 0.1) is 11.1 Å². The van der Waals surface area contributed by atoms with Gasteiger partial charge < -0.3 is 20.9 Å². The largest absolute Gasteiger partial charge is 0.416 e. The van der Waals surface area contributed by atoms with Crippen LogP contribution < -0.4 is 26.6 Å². The van der Waals surface area contributed by atoms with E-state index in [2.05, 4.69) is 51.4 Å². The first kappa shape index (κ1) is 39.2. The first-order valence-electron chi connectivity index (χ1n) is 14.6. The van der Waals surface area contributed by atoms with E-state index in [1.807, 2.05) is 14.1 Å². The summed E-state index contributed by atoms with van der Waals surface area (Å²) < 4.78 is 75.0. The van der Waals surface area contributed by atoms with Crippen LogP contribution in [-0.2, 0) is 12.4 Å². The number of aromatic nitrogens is 4. The van der Waals surface area contributed by atoms with Crippen LogP contribution in [0.5, 0.6) is 0 Å². The van der Waals surface area contributed by atoms with Gasteiger partial charge >= 0.3 is 24.4 Å². The number of anilines is 5. The van der Waals surface area contributed by atoms with E-state index in [-0.39, 0.29) is 28.4 Å². The summed E-state index contributed by atoms with van der Waals surface area (Å²) in [6.45, 7) is 5.08. The number of rotatable bonds is 9. The van der Waals surface area contributed by atoms with Gasteiger partial charge in [-0.2, -0.15) is 31.3 Å². The summed E-state index contributed by atoms with van der Waals surface area (Å²) in [5.41, 5.74) is 0.0573. The number of alkyl halides is 6. The first-order chi connectivity index (χ1) is 23.4. The highest BCUT2D eigenvalue weighted by Gasteiger charge is 2.30. The molecule has 0 unspecified atom stereocenters. The lowest BCUT2D eigenvalue weighted by atomic mass is 10.2. The second-order valence-electron chi connectivity index (χ2n) is 10.8. The van der Waals surface area contributed by atoms with Crippen molar-refractivity contribution < 1.29 is 35.9 Å². The predicted molar refractivity (Wildman–Crippen MR) is 178 cm³/mol. The van der Waals surface area contributed by atoms with Crippen molar-refractivity contribution in [3.05, 3.63) is 88.3 Å². The van der Waals surface area contributed by atoms with Crippen LogP contribution in [0.3, 0.4) is 0 Å². The van der Waals surface area contributed by atoms with Gasteiger partial charge in [0.15, 0.2) is 0 Å². The molecule has 4 amide bonds.